The molecule has 2 rings (SSSR count). The number of aliphatic carboxylic acids is 1. The lowest BCUT2D eigenvalue weighted by atomic mass is 10.1. The number of carbonyl (C=O) groups is 2. The summed E-state index contributed by atoms with van der Waals surface area (Å²) in [6.07, 6.45) is -0.0878. The Morgan fingerprint density at radius 1 is 1.00 bits per heavy atom. The Bertz CT molecular complexity index is 701. The predicted molar refractivity (Wildman–Crippen MR) is 79.8 cm³/mol. The minimum atomic E-state index is -1.21. The van der Waals surface area contributed by atoms with E-state index in [2.05, 4.69) is 5.32 Å². The zero-order chi connectivity index (χ0) is 16.8. The number of nitrogens with one attached hydrogen (secondary N) is 1. The van der Waals surface area contributed by atoms with E-state index in [-0.39, 0.29) is 12.8 Å². The molecule has 0 fully saturated rings. The fourth-order valence-electron chi connectivity index (χ4n) is 2.13. The normalized spacial score (nSPS) is 11.7. The third-order valence-electron chi connectivity index (χ3n) is 3.24. The van der Waals surface area contributed by atoms with Crippen LogP contribution in [0, 0.1) is 11.6 Å². The van der Waals surface area contributed by atoms with Gasteiger partial charge in [-0.25, -0.2) is 13.6 Å². The molecule has 0 aliphatic heterocycles. The molecule has 0 saturated carbocycles. The highest BCUT2D eigenvalue weighted by molar-refractivity contribution is 5.85. The van der Waals surface area contributed by atoms with E-state index in [9.17, 15) is 23.5 Å². The quantitative estimate of drug-likeness (QED) is 0.859. The van der Waals surface area contributed by atoms with Crippen molar-refractivity contribution >= 4 is 11.9 Å². The van der Waals surface area contributed by atoms with Crippen LogP contribution >= 0.6 is 0 Å². The summed E-state index contributed by atoms with van der Waals surface area (Å²) in [6.45, 7) is 0. The van der Waals surface area contributed by atoms with Crippen molar-refractivity contribution in [2.45, 2.75) is 18.9 Å². The van der Waals surface area contributed by atoms with Crippen LogP contribution in [0.15, 0.2) is 48.5 Å². The highest BCUT2D eigenvalue weighted by Gasteiger charge is 2.20. The number of halogens is 2. The van der Waals surface area contributed by atoms with E-state index in [1.54, 1.807) is 6.07 Å². The van der Waals surface area contributed by atoms with Crippen LogP contribution in [0.25, 0.3) is 0 Å². The average Bonchev–Trinajstić information content (AvgIpc) is 2.49. The highest BCUT2D eigenvalue weighted by atomic mass is 19.1. The number of benzene rings is 2. The standard InChI is InChI=1S/C17H15F2NO3/c18-13-6-4-11(5-7-13)10-16(21)20-15(17(22)23)9-12-2-1-3-14(19)8-12/h1-8,15H,9-10H2,(H,20,21)(H,22,23)/t15-/m0/s1. The summed E-state index contributed by atoms with van der Waals surface area (Å²) >= 11 is 0. The van der Waals surface area contributed by atoms with Gasteiger partial charge in [0.1, 0.15) is 17.7 Å². The van der Waals surface area contributed by atoms with Gasteiger partial charge in [-0.1, -0.05) is 24.3 Å². The predicted octanol–water partition coefficient (Wildman–Crippen LogP) is 2.32. The molecule has 0 aliphatic carbocycles. The van der Waals surface area contributed by atoms with E-state index >= 15 is 0 Å². The third kappa shape index (κ3) is 5.18. The summed E-state index contributed by atoms with van der Waals surface area (Å²) < 4.78 is 25.9. The average molecular weight is 319 g/mol. The van der Waals surface area contributed by atoms with Crippen molar-refractivity contribution in [2.75, 3.05) is 0 Å². The van der Waals surface area contributed by atoms with E-state index in [0.717, 1.165) is 0 Å². The van der Waals surface area contributed by atoms with Crippen LogP contribution in [0.5, 0.6) is 0 Å². The summed E-state index contributed by atoms with van der Waals surface area (Å²) in [4.78, 5) is 23.2. The number of carbonyl (C=O) groups excluding carboxylic acids is 1. The third-order valence-corrected chi connectivity index (χ3v) is 3.24. The summed E-state index contributed by atoms with van der Waals surface area (Å²) in [5.41, 5.74) is 1.04. The van der Waals surface area contributed by atoms with Crippen LogP contribution in [-0.2, 0) is 22.4 Å². The van der Waals surface area contributed by atoms with Gasteiger partial charge >= 0.3 is 5.97 Å². The topological polar surface area (TPSA) is 66.4 Å². The number of hydrogen-bond donors (Lipinski definition) is 2. The van der Waals surface area contributed by atoms with Crippen molar-refractivity contribution < 1.29 is 23.5 Å². The van der Waals surface area contributed by atoms with E-state index in [1.165, 1.54) is 42.5 Å². The molecule has 0 unspecified atom stereocenters. The minimum absolute atomic E-state index is 0.0255. The van der Waals surface area contributed by atoms with Crippen LogP contribution in [0.3, 0.4) is 0 Å². The first-order valence-electron chi connectivity index (χ1n) is 6.95. The summed E-state index contributed by atoms with van der Waals surface area (Å²) in [6, 6.07) is 9.75. The van der Waals surface area contributed by atoms with Crippen LogP contribution in [0.1, 0.15) is 11.1 Å². The Labute approximate surface area is 131 Å². The minimum Gasteiger partial charge on any atom is -0.480 e. The van der Waals surface area contributed by atoms with Gasteiger partial charge in [-0.15, -0.1) is 0 Å². The highest BCUT2D eigenvalue weighted by Crippen LogP contribution is 2.08. The van der Waals surface area contributed by atoms with E-state index in [0.29, 0.717) is 11.1 Å². The zero-order valence-corrected chi connectivity index (χ0v) is 12.1. The van der Waals surface area contributed by atoms with Gasteiger partial charge in [0.25, 0.3) is 0 Å². The smallest absolute Gasteiger partial charge is 0.326 e. The molecule has 23 heavy (non-hydrogen) atoms. The maximum Gasteiger partial charge on any atom is 0.326 e. The van der Waals surface area contributed by atoms with Gasteiger partial charge < -0.3 is 10.4 Å². The lowest BCUT2D eigenvalue weighted by molar-refractivity contribution is -0.141. The molecule has 0 aliphatic rings. The van der Waals surface area contributed by atoms with Gasteiger partial charge in [-0.3, -0.25) is 4.79 Å². The second-order valence-corrected chi connectivity index (χ2v) is 5.10. The van der Waals surface area contributed by atoms with Crippen molar-refractivity contribution in [3.63, 3.8) is 0 Å². The molecule has 0 bridgehead atoms. The van der Waals surface area contributed by atoms with Gasteiger partial charge in [0.15, 0.2) is 0 Å². The lowest BCUT2D eigenvalue weighted by Crippen LogP contribution is -2.43. The Kier molecular flexibility index (Phi) is 5.41. The molecule has 6 heteroatoms. The molecule has 0 saturated heterocycles. The van der Waals surface area contributed by atoms with Crippen molar-refractivity contribution in [2.24, 2.45) is 0 Å². The Balaban J connectivity index is 1.99. The maximum absolute atomic E-state index is 13.1. The van der Waals surface area contributed by atoms with Crippen molar-refractivity contribution in [1.82, 2.24) is 5.32 Å². The van der Waals surface area contributed by atoms with Gasteiger partial charge in [-0.05, 0) is 35.4 Å². The van der Waals surface area contributed by atoms with Crippen molar-refractivity contribution in [1.29, 1.82) is 0 Å². The first-order chi connectivity index (χ1) is 10.9. The van der Waals surface area contributed by atoms with Gasteiger partial charge in [0.05, 0.1) is 6.42 Å². The van der Waals surface area contributed by atoms with E-state index < -0.39 is 29.6 Å². The molecule has 0 aromatic heterocycles. The number of amides is 1. The fourth-order valence-corrected chi connectivity index (χ4v) is 2.13. The molecular formula is C17H15F2NO3. The summed E-state index contributed by atoms with van der Waals surface area (Å²) in [7, 11) is 0. The molecule has 1 amide bonds. The van der Waals surface area contributed by atoms with Crippen molar-refractivity contribution in [3.8, 4) is 0 Å². The van der Waals surface area contributed by atoms with Gasteiger partial charge in [-0.2, -0.15) is 0 Å². The zero-order valence-electron chi connectivity index (χ0n) is 12.1. The van der Waals surface area contributed by atoms with Crippen LogP contribution in [0.4, 0.5) is 8.78 Å². The molecule has 120 valence electrons. The Morgan fingerprint density at radius 3 is 2.30 bits per heavy atom. The van der Waals surface area contributed by atoms with Crippen molar-refractivity contribution in [3.05, 3.63) is 71.3 Å². The number of carboxylic acids is 1. The monoisotopic (exact) mass is 319 g/mol. The van der Waals surface area contributed by atoms with E-state index in [4.69, 9.17) is 0 Å². The molecule has 1 atom stereocenters. The second kappa shape index (κ2) is 7.49. The first kappa shape index (κ1) is 16.6. The Morgan fingerprint density at radius 2 is 1.70 bits per heavy atom. The molecular weight excluding hydrogens is 304 g/mol. The molecule has 0 spiro atoms. The molecule has 2 aromatic rings. The molecule has 2 N–H and O–H groups in total. The lowest BCUT2D eigenvalue weighted by Gasteiger charge is -2.15. The first-order valence-corrected chi connectivity index (χ1v) is 6.95. The second-order valence-electron chi connectivity index (χ2n) is 5.10. The largest absolute Gasteiger partial charge is 0.480 e. The van der Waals surface area contributed by atoms with Crippen LogP contribution in [-0.4, -0.2) is 23.0 Å². The molecule has 0 heterocycles. The summed E-state index contributed by atoms with van der Waals surface area (Å²) in [5.74, 6) is -2.59. The molecule has 0 radical (unpaired) electrons. The molecule has 2 aromatic carbocycles. The summed E-state index contributed by atoms with van der Waals surface area (Å²) in [5, 5.41) is 11.6. The number of carboxylic acid groups (broad SMARTS) is 1. The maximum atomic E-state index is 13.1. The van der Waals surface area contributed by atoms with Crippen LogP contribution < -0.4 is 5.32 Å². The molecule has 4 nitrogen and oxygen atoms in total. The SMILES string of the molecule is O=C(Cc1ccc(F)cc1)N[C@@H](Cc1cccc(F)c1)C(=O)O. The van der Waals surface area contributed by atoms with Gasteiger partial charge in [0.2, 0.25) is 5.91 Å². The van der Waals surface area contributed by atoms with Gasteiger partial charge in [0, 0.05) is 6.42 Å². The Hall–Kier alpha value is -2.76. The van der Waals surface area contributed by atoms with E-state index in [1.807, 2.05) is 0 Å². The fraction of sp³-hybridized carbons (Fsp3) is 0.176. The number of rotatable bonds is 6. The van der Waals surface area contributed by atoms with Crippen LogP contribution in [0.2, 0.25) is 0 Å². The number of hydrogen-bond acceptors (Lipinski definition) is 2.